The van der Waals surface area contributed by atoms with Gasteiger partial charge in [-0.25, -0.2) is 0 Å². The molecule has 8 heteroatoms. The monoisotopic (exact) mass is 536 g/mol. The molecule has 0 heterocycles. The van der Waals surface area contributed by atoms with Crippen LogP contribution in [0, 0.1) is 5.41 Å². The second-order valence-electron chi connectivity index (χ2n) is 10.1. The summed E-state index contributed by atoms with van der Waals surface area (Å²) in [6.45, 7) is 2.83. The van der Waals surface area contributed by atoms with Gasteiger partial charge in [0.1, 0.15) is 0 Å². The normalized spacial score (nSPS) is 10.8. The molecular formula is C29H60O8. The lowest BCUT2D eigenvalue weighted by Crippen LogP contribution is -2.37. The molecule has 0 rings (SSSR count). The minimum absolute atomic E-state index is 0.343. The Balaban J connectivity index is -0.000000481. The smallest absolute Gasteiger partial charge is 0.303 e. The van der Waals surface area contributed by atoms with Crippen LogP contribution in [-0.4, -0.2) is 69.0 Å². The molecule has 224 valence electrons. The van der Waals surface area contributed by atoms with Crippen molar-refractivity contribution in [2.45, 2.75) is 142 Å². The average molecular weight is 537 g/mol. The summed E-state index contributed by atoms with van der Waals surface area (Å²) in [5.41, 5.74) is -1.11. The molecule has 0 spiro atoms. The van der Waals surface area contributed by atoms with Crippen LogP contribution in [0.25, 0.3) is 0 Å². The van der Waals surface area contributed by atoms with Crippen LogP contribution in [0.4, 0.5) is 0 Å². The molecule has 0 unspecified atom stereocenters. The largest absolute Gasteiger partial charge is 0.481 e. The minimum atomic E-state index is -1.11. The van der Waals surface area contributed by atoms with Crippen LogP contribution >= 0.6 is 0 Å². The van der Waals surface area contributed by atoms with Crippen LogP contribution in [0.1, 0.15) is 142 Å². The van der Waals surface area contributed by atoms with Crippen molar-refractivity contribution in [1.82, 2.24) is 0 Å². The molecule has 6 N–H and O–H groups in total. The third-order valence-corrected chi connectivity index (χ3v) is 6.33. The number of hydrogen-bond donors (Lipinski definition) is 6. The Morgan fingerprint density at radius 3 is 0.811 bits per heavy atom. The van der Waals surface area contributed by atoms with Crippen molar-refractivity contribution in [2.24, 2.45) is 5.41 Å². The molecule has 0 atom stereocenters. The molecule has 0 aromatic rings. The van der Waals surface area contributed by atoms with Crippen LogP contribution in [-0.2, 0) is 9.59 Å². The molecule has 0 fully saturated rings. The first kappa shape index (κ1) is 40.3. The van der Waals surface area contributed by atoms with E-state index in [1.54, 1.807) is 0 Å². The molecular weight excluding hydrogens is 476 g/mol. The van der Waals surface area contributed by atoms with Crippen molar-refractivity contribution in [3.63, 3.8) is 0 Å². The van der Waals surface area contributed by atoms with Gasteiger partial charge in [-0.2, -0.15) is 0 Å². The van der Waals surface area contributed by atoms with E-state index in [9.17, 15) is 9.59 Å². The molecule has 0 aliphatic heterocycles. The van der Waals surface area contributed by atoms with Gasteiger partial charge >= 0.3 is 11.9 Å². The number of carboxylic acids is 2. The first-order valence-electron chi connectivity index (χ1n) is 14.7. The van der Waals surface area contributed by atoms with Crippen LogP contribution in [0.3, 0.4) is 0 Å². The molecule has 37 heavy (non-hydrogen) atoms. The number of rotatable bonds is 24. The van der Waals surface area contributed by atoms with E-state index in [0.717, 1.165) is 25.7 Å². The van der Waals surface area contributed by atoms with Gasteiger partial charge < -0.3 is 30.6 Å². The predicted molar refractivity (Wildman–Crippen MR) is 150 cm³/mol. The SMILES string of the molecule is CCCCCCCCCCCC(=O)O.CCCCCCCCCCCC(=O)O.OCC(CO)(CO)CO. The van der Waals surface area contributed by atoms with E-state index in [2.05, 4.69) is 13.8 Å². The number of aliphatic hydroxyl groups excluding tert-OH is 4. The van der Waals surface area contributed by atoms with E-state index in [4.69, 9.17) is 30.6 Å². The maximum Gasteiger partial charge on any atom is 0.303 e. The predicted octanol–water partition coefficient (Wildman–Crippen LogP) is 5.93. The summed E-state index contributed by atoms with van der Waals surface area (Å²) in [6, 6.07) is 0. The van der Waals surface area contributed by atoms with E-state index in [1.807, 2.05) is 0 Å². The fraction of sp³-hybridized carbons (Fsp3) is 0.931. The molecule has 8 nitrogen and oxygen atoms in total. The number of unbranched alkanes of at least 4 members (excludes halogenated alkanes) is 16. The third kappa shape index (κ3) is 34.8. The van der Waals surface area contributed by atoms with Gasteiger partial charge in [-0.15, -0.1) is 0 Å². The second kappa shape index (κ2) is 32.8. The molecule has 0 amide bonds. The van der Waals surface area contributed by atoms with Crippen molar-refractivity contribution >= 4 is 11.9 Å². The van der Waals surface area contributed by atoms with Crippen LogP contribution in [0.15, 0.2) is 0 Å². The van der Waals surface area contributed by atoms with E-state index < -0.39 is 43.8 Å². The molecule has 0 saturated carbocycles. The standard InChI is InChI=1S/2C12H24O2.C5H12O4/c2*1-2-3-4-5-6-7-8-9-10-11-12(13)14;6-1-5(2-7,3-8)4-9/h2*2-11H2,1H3,(H,13,14);6-9H,1-4H2. The Labute approximate surface area is 226 Å². The summed E-state index contributed by atoms with van der Waals surface area (Å²) in [5, 5.41) is 50.8. The van der Waals surface area contributed by atoms with Gasteiger partial charge in [0.25, 0.3) is 0 Å². The lowest BCUT2D eigenvalue weighted by atomic mass is 9.93. The van der Waals surface area contributed by atoms with E-state index in [1.165, 1.54) is 89.9 Å². The van der Waals surface area contributed by atoms with Gasteiger partial charge in [0.05, 0.1) is 31.8 Å². The van der Waals surface area contributed by atoms with Gasteiger partial charge in [-0.05, 0) is 12.8 Å². The second-order valence-corrected chi connectivity index (χ2v) is 10.1. The fourth-order valence-electron chi connectivity index (χ4n) is 3.47. The summed E-state index contributed by atoms with van der Waals surface area (Å²) in [7, 11) is 0. The molecule has 0 aliphatic rings. The maximum atomic E-state index is 10.2. The van der Waals surface area contributed by atoms with Gasteiger partial charge in [-0.1, -0.05) is 117 Å². The molecule has 0 aromatic heterocycles. The Morgan fingerprint density at radius 2 is 0.649 bits per heavy atom. The van der Waals surface area contributed by atoms with Crippen LogP contribution < -0.4 is 0 Å². The molecule has 0 aromatic carbocycles. The summed E-state index contributed by atoms with van der Waals surface area (Å²) < 4.78 is 0. The van der Waals surface area contributed by atoms with Crippen molar-refractivity contribution in [3.8, 4) is 0 Å². The Hall–Kier alpha value is -1.22. The van der Waals surface area contributed by atoms with E-state index in [-0.39, 0.29) is 0 Å². The lowest BCUT2D eigenvalue weighted by molar-refractivity contribution is -0.138. The summed E-state index contributed by atoms with van der Waals surface area (Å²) >= 11 is 0. The minimum Gasteiger partial charge on any atom is -0.481 e. The first-order chi connectivity index (χ1) is 17.8. The quantitative estimate of drug-likeness (QED) is 0.0830. The highest BCUT2D eigenvalue weighted by atomic mass is 16.4. The molecule has 0 bridgehead atoms. The van der Waals surface area contributed by atoms with Crippen molar-refractivity contribution in [3.05, 3.63) is 0 Å². The lowest BCUT2D eigenvalue weighted by Gasteiger charge is -2.23. The molecule has 0 aliphatic carbocycles. The van der Waals surface area contributed by atoms with Gasteiger partial charge in [0, 0.05) is 12.8 Å². The highest BCUT2D eigenvalue weighted by Crippen LogP contribution is 2.12. The highest BCUT2D eigenvalue weighted by Gasteiger charge is 2.26. The number of aliphatic carboxylic acids is 2. The third-order valence-electron chi connectivity index (χ3n) is 6.33. The van der Waals surface area contributed by atoms with Crippen LogP contribution in [0.5, 0.6) is 0 Å². The number of hydrogen-bond acceptors (Lipinski definition) is 6. The Morgan fingerprint density at radius 1 is 0.432 bits per heavy atom. The van der Waals surface area contributed by atoms with Crippen molar-refractivity contribution in [1.29, 1.82) is 0 Å². The molecule has 0 radical (unpaired) electrons. The average Bonchev–Trinajstić information content (AvgIpc) is 2.89. The number of carboxylic acid groups (broad SMARTS) is 2. The first-order valence-corrected chi connectivity index (χ1v) is 14.7. The summed E-state index contributed by atoms with van der Waals surface area (Å²) in [5.74, 6) is -1.32. The van der Waals surface area contributed by atoms with E-state index >= 15 is 0 Å². The van der Waals surface area contributed by atoms with E-state index in [0.29, 0.717) is 12.8 Å². The summed E-state index contributed by atoms with van der Waals surface area (Å²) in [4.78, 5) is 20.4. The van der Waals surface area contributed by atoms with Crippen molar-refractivity contribution < 1.29 is 40.2 Å². The zero-order valence-electron chi connectivity index (χ0n) is 24.0. The van der Waals surface area contributed by atoms with Gasteiger partial charge in [-0.3, -0.25) is 9.59 Å². The summed E-state index contributed by atoms with van der Waals surface area (Å²) in [6.07, 6.45) is 23.0. The fourth-order valence-corrected chi connectivity index (χ4v) is 3.47. The molecule has 0 saturated heterocycles. The number of carbonyl (C=O) groups is 2. The zero-order valence-corrected chi connectivity index (χ0v) is 24.0. The Kier molecular flexibility index (Phi) is 35.7. The zero-order chi connectivity index (χ0) is 28.6. The van der Waals surface area contributed by atoms with Crippen molar-refractivity contribution in [2.75, 3.05) is 26.4 Å². The van der Waals surface area contributed by atoms with Gasteiger partial charge in [0.2, 0.25) is 0 Å². The number of aliphatic hydroxyl groups is 4. The topological polar surface area (TPSA) is 156 Å². The Bertz CT molecular complexity index is 417. The van der Waals surface area contributed by atoms with Gasteiger partial charge in [0.15, 0.2) is 0 Å². The maximum absolute atomic E-state index is 10.2. The highest BCUT2D eigenvalue weighted by molar-refractivity contribution is 5.66. The van der Waals surface area contributed by atoms with Crippen LogP contribution in [0.2, 0.25) is 0 Å².